The number of carbonyl (C=O) groups is 1. The van der Waals surface area contributed by atoms with Crippen molar-refractivity contribution in [2.45, 2.75) is 40.0 Å². The van der Waals surface area contributed by atoms with E-state index < -0.39 is 11.4 Å². The molecule has 0 spiro atoms. The fourth-order valence-electron chi connectivity index (χ4n) is 2.03. The Balaban J connectivity index is 4.53. The van der Waals surface area contributed by atoms with Crippen LogP contribution >= 0.6 is 0 Å². The van der Waals surface area contributed by atoms with E-state index in [4.69, 9.17) is 4.74 Å². The highest BCUT2D eigenvalue weighted by molar-refractivity contribution is 5.74. The van der Waals surface area contributed by atoms with Crippen LogP contribution in [-0.2, 0) is 9.53 Å². The van der Waals surface area contributed by atoms with Crippen LogP contribution in [0.25, 0.3) is 0 Å². The average molecular weight is 202 g/mol. The van der Waals surface area contributed by atoms with E-state index in [1.165, 1.54) is 0 Å². The Bertz CT molecular complexity index is 173. The van der Waals surface area contributed by atoms with E-state index in [9.17, 15) is 9.90 Å². The second-order valence-corrected chi connectivity index (χ2v) is 3.85. The summed E-state index contributed by atoms with van der Waals surface area (Å²) in [5.41, 5.74) is -0.571. The molecule has 0 bridgehead atoms. The number of carboxylic acid groups (broad SMARTS) is 1. The summed E-state index contributed by atoms with van der Waals surface area (Å²) in [4.78, 5) is 11.2. The summed E-state index contributed by atoms with van der Waals surface area (Å²) in [5, 5.41) is 9.25. The molecule has 84 valence electrons. The van der Waals surface area contributed by atoms with Crippen molar-refractivity contribution in [2.24, 2.45) is 11.3 Å². The lowest BCUT2D eigenvalue weighted by atomic mass is 9.71. The molecule has 0 aliphatic heterocycles. The van der Waals surface area contributed by atoms with Crippen molar-refractivity contribution in [1.29, 1.82) is 0 Å². The molecule has 0 fully saturated rings. The van der Waals surface area contributed by atoms with Crippen molar-refractivity contribution in [3.8, 4) is 0 Å². The molecule has 0 aliphatic carbocycles. The molecule has 1 unspecified atom stereocenters. The van der Waals surface area contributed by atoms with E-state index >= 15 is 0 Å². The Morgan fingerprint density at radius 3 is 2.21 bits per heavy atom. The van der Waals surface area contributed by atoms with Crippen LogP contribution in [0.15, 0.2) is 0 Å². The molecule has 0 saturated heterocycles. The normalized spacial score (nSPS) is 14.0. The number of rotatable bonds is 7. The molecule has 14 heavy (non-hydrogen) atoms. The first-order valence-corrected chi connectivity index (χ1v) is 5.27. The van der Waals surface area contributed by atoms with E-state index in [0.717, 1.165) is 6.42 Å². The maximum absolute atomic E-state index is 11.2. The zero-order valence-electron chi connectivity index (χ0n) is 9.67. The summed E-state index contributed by atoms with van der Waals surface area (Å²) in [6.45, 7) is 6.53. The summed E-state index contributed by atoms with van der Waals surface area (Å²) in [6, 6.07) is 0. The second-order valence-electron chi connectivity index (χ2n) is 3.85. The van der Waals surface area contributed by atoms with Crippen LogP contribution in [-0.4, -0.2) is 24.8 Å². The first kappa shape index (κ1) is 13.4. The molecule has 0 aliphatic rings. The van der Waals surface area contributed by atoms with Crippen molar-refractivity contribution in [1.82, 2.24) is 0 Å². The number of hydrogen-bond donors (Lipinski definition) is 1. The molecule has 3 nitrogen and oxygen atoms in total. The van der Waals surface area contributed by atoms with Gasteiger partial charge < -0.3 is 9.84 Å². The van der Waals surface area contributed by atoms with Crippen LogP contribution in [0, 0.1) is 11.3 Å². The average Bonchev–Trinajstić information content (AvgIpc) is 2.17. The number of hydrogen-bond acceptors (Lipinski definition) is 2. The van der Waals surface area contributed by atoms with Gasteiger partial charge in [-0.15, -0.1) is 0 Å². The highest BCUT2D eigenvalue weighted by Crippen LogP contribution is 2.37. The van der Waals surface area contributed by atoms with Gasteiger partial charge >= 0.3 is 5.97 Å². The van der Waals surface area contributed by atoms with Gasteiger partial charge in [0.25, 0.3) is 0 Å². The molecule has 0 aromatic carbocycles. The van der Waals surface area contributed by atoms with Crippen molar-refractivity contribution < 1.29 is 14.6 Å². The largest absolute Gasteiger partial charge is 0.481 e. The predicted octanol–water partition coefficient (Wildman–Crippen LogP) is 2.55. The molecule has 1 atom stereocenters. The van der Waals surface area contributed by atoms with Crippen molar-refractivity contribution >= 4 is 5.97 Å². The number of aliphatic carboxylic acids is 1. The minimum Gasteiger partial charge on any atom is -0.481 e. The highest BCUT2D eigenvalue weighted by Gasteiger charge is 2.39. The van der Waals surface area contributed by atoms with Gasteiger partial charge in [0.1, 0.15) is 0 Å². The molecule has 0 aromatic rings. The molecule has 0 rings (SSSR count). The first-order valence-electron chi connectivity index (χ1n) is 5.27. The fourth-order valence-corrected chi connectivity index (χ4v) is 2.03. The van der Waals surface area contributed by atoms with E-state index in [2.05, 4.69) is 0 Å². The minimum atomic E-state index is -0.675. The topological polar surface area (TPSA) is 46.5 Å². The zero-order valence-corrected chi connectivity index (χ0v) is 9.67. The van der Waals surface area contributed by atoms with Crippen LogP contribution in [0.3, 0.4) is 0 Å². The Kier molecular flexibility index (Phi) is 5.77. The monoisotopic (exact) mass is 202 g/mol. The summed E-state index contributed by atoms with van der Waals surface area (Å²) in [6.07, 6.45) is 2.18. The summed E-state index contributed by atoms with van der Waals surface area (Å²) in [7, 11) is 1.65. The van der Waals surface area contributed by atoms with Crippen LogP contribution < -0.4 is 0 Å². The maximum Gasteiger partial charge on any atom is 0.309 e. The molecular weight excluding hydrogens is 180 g/mol. The van der Waals surface area contributed by atoms with Gasteiger partial charge in [-0.2, -0.15) is 0 Å². The number of ether oxygens (including phenoxy) is 1. The summed E-state index contributed by atoms with van der Waals surface area (Å²) in [5.74, 6) is -0.513. The quantitative estimate of drug-likeness (QED) is 0.690. The van der Waals surface area contributed by atoms with Gasteiger partial charge in [0.15, 0.2) is 0 Å². The zero-order chi connectivity index (χ0) is 11.2. The van der Waals surface area contributed by atoms with Gasteiger partial charge in [-0.05, 0) is 25.2 Å². The molecule has 0 amide bonds. The van der Waals surface area contributed by atoms with Crippen molar-refractivity contribution in [3.05, 3.63) is 0 Å². The second kappa shape index (κ2) is 6.02. The minimum absolute atomic E-state index is 0.162. The smallest absolute Gasteiger partial charge is 0.309 e. The van der Waals surface area contributed by atoms with E-state index in [1.54, 1.807) is 7.11 Å². The molecule has 1 N–H and O–H groups in total. The number of methoxy groups -OCH3 is 1. The SMILES string of the molecule is CCC(CC)(C(=O)O)C(C)CCOC. The fraction of sp³-hybridized carbons (Fsp3) is 0.909. The van der Waals surface area contributed by atoms with Crippen LogP contribution in [0.4, 0.5) is 0 Å². The van der Waals surface area contributed by atoms with Crippen LogP contribution in [0.1, 0.15) is 40.0 Å². The summed E-state index contributed by atoms with van der Waals surface area (Å²) >= 11 is 0. The van der Waals surface area contributed by atoms with Gasteiger partial charge in [0.05, 0.1) is 5.41 Å². The van der Waals surface area contributed by atoms with E-state index in [-0.39, 0.29) is 5.92 Å². The Labute approximate surface area is 86.5 Å². The lowest BCUT2D eigenvalue weighted by Crippen LogP contribution is -2.36. The van der Waals surface area contributed by atoms with Gasteiger partial charge in [-0.25, -0.2) is 0 Å². The molecule has 0 radical (unpaired) electrons. The third kappa shape index (κ3) is 2.71. The lowest BCUT2D eigenvalue weighted by Gasteiger charge is -2.33. The van der Waals surface area contributed by atoms with Gasteiger partial charge in [-0.3, -0.25) is 4.79 Å². The Morgan fingerprint density at radius 1 is 1.43 bits per heavy atom. The highest BCUT2D eigenvalue weighted by atomic mass is 16.5. The Hall–Kier alpha value is -0.570. The van der Waals surface area contributed by atoms with Crippen LogP contribution in [0.5, 0.6) is 0 Å². The Morgan fingerprint density at radius 2 is 1.93 bits per heavy atom. The third-order valence-electron chi connectivity index (χ3n) is 3.39. The molecule has 0 aromatic heterocycles. The van der Waals surface area contributed by atoms with Crippen molar-refractivity contribution in [2.75, 3.05) is 13.7 Å². The van der Waals surface area contributed by atoms with Gasteiger partial charge in [0.2, 0.25) is 0 Å². The summed E-state index contributed by atoms with van der Waals surface area (Å²) < 4.78 is 4.98. The standard InChI is InChI=1S/C11H22O3/c1-5-11(6-2,10(12)13)9(3)7-8-14-4/h9H,5-8H2,1-4H3,(H,12,13). The maximum atomic E-state index is 11.2. The van der Waals surface area contributed by atoms with E-state index in [0.29, 0.717) is 19.4 Å². The van der Waals surface area contributed by atoms with E-state index in [1.807, 2.05) is 20.8 Å². The lowest BCUT2D eigenvalue weighted by molar-refractivity contribution is -0.153. The molecule has 0 saturated carbocycles. The van der Waals surface area contributed by atoms with Crippen molar-refractivity contribution in [3.63, 3.8) is 0 Å². The van der Waals surface area contributed by atoms with Gasteiger partial charge in [-0.1, -0.05) is 20.8 Å². The third-order valence-corrected chi connectivity index (χ3v) is 3.39. The predicted molar refractivity (Wildman–Crippen MR) is 56.3 cm³/mol. The van der Waals surface area contributed by atoms with Crippen LogP contribution in [0.2, 0.25) is 0 Å². The number of carboxylic acids is 1. The molecule has 0 heterocycles. The molecular formula is C11H22O3. The van der Waals surface area contributed by atoms with Gasteiger partial charge in [0, 0.05) is 13.7 Å². The molecule has 3 heteroatoms. The first-order chi connectivity index (χ1) is 6.55.